The fraction of sp³-hybridized carbons (Fsp3) is 0.905. The number of rotatable bonds is 16. The first kappa shape index (κ1) is 24.9. The molecule has 0 aliphatic carbocycles. The molecule has 0 aromatic rings. The number of carbonyl (C=O) groups is 2. The number of carbonyl (C=O) groups excluding carboxylic acids is 2. The lowest BCUT2D eigenvalue weighted by atomic mass is 9.86. The Kier molecular flexibility index (Phi) is 12.6. The third-order valence-electron chi connectivity index (χ3n) is 5.01. The molecule has 5 nitrogen and oxygen atoms in total. The summed E-state index contributed by atoms with van der Waals surface area (Å²) in [4.78, 5) is 21.9. The van der Waals surface area contributed by atoms with E-state index in [9.17, 15) is 14.7 Å². The van der Waals surface area contributed by atoms with Crippen LogP contribution in [-0.2, 0) is 19.1 Å². The Morgan fingerprint density at radius 3 is 2.00 bits per heavy atom. The van der Waals surface area contributed by atoms with E-state index in [0.717, 1.165) is 64.2 Å². The molecular weight excluding hydrogens is 332 g/mol. The predicted octanol–water partition coefficient (Wildman–Crippen LogP) is 4.65. The lowest BCUT2D eigenvalue weighted by molar-refractivity contribution is -0.151. The Morgan fingerprint density at radius 1 is 0.962 bits per heavy atom. The van der Waals surface area contributed by atoms with Gasteiger partial charge < -0.3 is 14.6 Å². The number of hydrogen-bond acceptors (Lipinski definition) is 5. The van der Waals surface area contributed by atoms with Crippen molar-refractivity contribution >= 4 is 12.4 Å². The van der Waals surface area contributed by atoms with Crippen LogP contribution in [0.5, 0.6) is 0 Å². The zero-order chi connectivity index (χ0) is 20.1. The number of ether oxygens (including phenoxy) is 2. The summed E-state index contributed by atoms with van der Waals surface area (Å²) in [6, 6.07) is 0. The van der Waals surface area contributed by atoms with Gasteiger partial charge in [-0.1, -0.05) is 52.4 Å². The number of unbranched alkanes of at least 4 members (excludes halogenated alkanes) is 4. The summed E-state index contributed by atoms with van der Waals surface area (Å²) >= 11 is 0. The fourth-order valence-electron chi connectivity index (χ4n) is 3.14. The monoisotopic (exact) mass is 372 g/mol. The molecule has 5 heteroatoms. The van der Waals surface area contributed by atoms with Crippen LogP contribution in [0.25, 0.3) is 0 Å². The second kappa shape index (κ2) is 13.1. The van der Waals surface area contributed by atoms with Crippen LogP contribution >= 0.6 is 0 Å². The van der Waals surface area contributed by atoms with Crippen LogP contribution in [0, 0.1) is 10.8 Å². The first-order chi connectivity index (χ1) is 12.1. The minimum Gasteiger partial charge on any atom is -0.469 e. The van der Waals surface area contributed by atoms with E-state index >= 15 is 0 Å². The van der Waals surface area contributed by atoms with E-state index < -0.39 is 5.41 Å². The molecule has 0 heterocycles. The first-order valence-corrected chi connectivity index (χ1v) is 9.96. The van der Waals surface area contributed by atoms with Crippen molar-refractivity contribution in [2.75, 3.05) is 13.7 Å². The molecule has 0 aromatic heterocycles. The number of esters is 1. The highest BCUT2D eigenvalue weighted by Gasteiger charge is 2.27. The van der Waals surface area contributed by atoms with Gasteiger partial charge in [-0.05, 0) is 44.9 Å². The van der Waals surface area contributed by atoms with E-state index in [4.69, 9.17) is 9.47 Å². The highest BCUT2D eigenvalue weighted by molar-refractivity contribution is 5.75. The van der Waals surface area contributed by atoms with Gasteiger partial charge >= 0.3 is 5.97 Å². The van der Waals surface area contributed by atoms with E-state index in [1.54, 1.807) is 0 Å². The molecule has 0 aliphatic rings. The van der Waals surface area contributed by atoms with Gasteiger partial charge in [-0.2, -0.15) is 0 Å². The molecule has 0 spiro atoms. The van der Waals surface area contributed by atoms with Crippen LogP contribution in [0.2, 0.25) is 0 Å². The zero-order valence-corrected chi connectivity index (χ0v) is 17.5. The third-order valence-corrected chi connectivity index (χ3v) is 5.01. The SMILES string of the molecule is COC(=O)C(C)(C)CCCCCC(O)CCCCCC(C)(C)COC=O. The molecule has 0 aliphatic heterocycles. The second-order valence-corrected chi connectivity index (χ2v) is 8.80. The summed E-state index contributed by atoms with van der Waals surface area (Å²) in [5.41, 5.74) is -0.393. The van der Waals surface area contributed by atoms with Crippen molar-refractivity contribution in [3.8, 4) is 0 Å². The van der Waals surface area contributed by atoms with E-state index in [2.05, 4.69) is 13.8 Å². The molecule has 154 valence electrons. The molecule has 0 aromatic carbocycles. The van der Waals surface area contributed by atoms with Crippen molar-refractivity contribution < 1.29 is 24.2 Å². The Labute approximate surface area is 159 Å². The summed E-state index contributed by atoms with van der Waals surface area (Å²) in [7, 11) is 1.43. The molecule has 0 radical (unpaired) electrons. The minimum absolute atomic E-state index is 0.0253. The van der Waals surface area contributed by atoms with Gasteiger partial charge in [0.1, 0.15) is 0 Å². The van der Waals surface area contributed by atoms with Gasteiger partial charge in [0.2, 0.25) is 0 Å². The van der Waals surface area contributed by atoms with Crippen LogP contribution < -0.4 is 0 Å². The summed E-state index contributed by atoms with van der Waals surface area (Å²) in [5, 5.41) is 10.1. The topological polar surface area (TPSA) is 72.8 Å². The molecule has 1 atom stereocenters. The zero-order valence-electron chi connectivity index (χ0n) is 17.5. The van der Waals surface area contributed by atoms with Gasteiger partial charge in [0.25, 0.3) is 6.47 Å². The van der Waals surface area contributed by atoms with Gasteiger partial charge in [0.05, 0.1) is 25.2 Å². The smallest absolute Gasteiger partial charge is 0.311 e. The van der Waals surface area contributed by atoms with Crippen LogP contribution in [0.15, 0.2) is 0 Å². The predicted molar refractivity (Wildman–Crippen MR) is 104 cm³/mol. The fourth-order valence-corrected chi connectivity index (χ4v) is 3.14. The van der Waals surface area contributed by atoms with Crippen LogP contribution in [0.3, 0.4) is 0 Å². The van der Waals surface area contributed by atoms with Crippen molar-refractivity contribution in [3.63, 3.8) is 0 Å². The van der Waals surface area contributed by atoms with E-state index in [-0.39, 0.29) is 17.5 Å². The van der Waals surface area contributed by atoms with Crippen LogP contribution in [0.1, 0.15) is 91.9 Å². The third kappa shape index (κ3) is 12.3. The van der Waals surface area contributed by atoms with Crippen molar-refractivity contribution in [2.45, 2.75) is 98.0 Å². The van der Waals surface area contributed by atoms with Crippen molar-refractivity contribution in [2.24, 2.45) is 10.8 Å². The normalized spacial score (nSPS) is 13.3. The quantitative estimate of drug-likeness (QED) is 0.243. The maximum absolute atomic E-state index is 11.6. The number of aliphatic hydroxyl groups excluding tert-OH is 1. The maximum atomic E-state index is 11.6. The molecule has 26 heavy (non-hydrogen) atoms. The van der Waals surface area contributed by atoms with Gasteiger partial charge in [-0.25, -0.2) is 0 Å². The summed E-state index contributed by atoms with van der Waals surface area (Å²) < 4.78 is 9.67. The largest absolute Gasteiger partial charge is 0.469 e. The summed E-state index contributed by atoms with van der Waals surface area (Å²) in [6.07, 6.45) is 9.50. The highest BCUT2D eigenvalue weighted by Crippen LogP contribution is 2.26. The van der Waals surface area contributed by atoms with E-state index in [0.29, 0.717) is 13.1 Å². The molecule has 0 saturated heterocycles. The molecule has 0 bridgehead atoms. The number of aliphatic hydroxyl groups is 1. The molecular formula is C21H40O5. The molecule has 0 rings (SSSR count). The van der Waals surface area contributed by atoms with Crippen molar-refractivity contribution in [1.82, 2.24) is 0 Å². The molecule has 0 amide bonds. The lowest BCUT2D eigenvalue weighted by Gasteiger charge is -2.23. The first-order valence-electron chi connectivity index (χ1n) is 9.96. The average molecular weight is 373 g/mol. The Balaban J connectivity index is 3.65. The van der Waals surface area contributed by atoms with Gasteiger partial charge in [0, 0.05) is 0 Å². The summed E-state index contributed by atoms with van der Waals surface area (Å²) in [5.74, 6) is -0.154. The number of hydrogen-bond donors (Lipinski definition) is 1. The van der Waals surface area contributed by atoms with Gasteiger partial charge in [-0.3, -0.25) is 9.59 Å². The Bertz CT molecular complexity index is 390. The standard InChI is InChI=1S/C21H40O5/c1-20(2,16-26-17-22)14-10-6-8-12-18(23)13-9-7-11-15-21(3,4)19(24)25-5/h17-18,23H,6-16H2,1-5H3. The van der Waals surface area contributed by atoms with Gasteiger partial charge in [0.15, 0.2) is 0 Å². The molecule has 0 fully saturated rings. The minimum atomic E-state index is -0.419. The lowest BCUT2D eigenvalue weighted by Crippen LogP contribution is -2.25. The van der Waals surface area contributed by atoms with E-state index in [1.165, 1.54) is 7.11 Å². The second-order valence-electron chi connectivity index (χ2n) is 8.80. The molecule has 0 saturated carbocycles. The number of methoxy groups -OCH3 is 1. The Morgan fingerprint density at radius 2 is 1.50 bits per heavy atom. The summed E-state index contributed by atoms with van der Waals surface area (Å²) in [6.45, 7) is 9.01. The van der Waals surface area contributed by atoms with Crippen molar-refractivity contribution in [3.05, 3.63) is 0 Å². The Hall–Kier alpha value is -1.10. The maximum Gasteiger partial charge on any atom is 0.311 e. The highest BCUT2D eigenvalue weighted by atomic mass is 16.5. The average Bonchev–Trinajstić information content (AvgIpc) is 2.58. The van der Waals surface area contributed by atoms with Gasteiger partial charge in [-0.15, -0.1) is 0 Å². The molecule has 1 N–H and O–H groups in total. The van der Waals surface area contributed by atoms with Crippen LogP contribution in [0.4, 0.5) is 0 Å². The van der Waals surface area contributed by atoms with Crippen molar-refractivity contribution in [1.29, 1.82) is 0 Å². The molecule has 1 unspecified atom stereocenters. The van der Waals surface area contributed by atoms with E-state index in [1.807, 2.05) is 13.8 Å². The van der Waals surface area contributed by atoms with Crippen LogP contribution in [-0.4, -0.2) is 37.4 Å².